The van der Waals surface area contributed by atoms with E-state index in [1.165, 1.54) is 12.1 Å². The molecule has 2 aromatic rings. The molecule has 118 valence electrons. The molecule has 0 bridgehead atoms. The maximum absolute atomic E-state index is 11.4. The number of aryl methyl sites for hydroxylation is 1. The fraction of sp³-hybridized carbons (Fsp3) is 0.111. The third kappa shape index (κ3) is 3.24. The molecular weight excluding hydrogens is 330 g/mol. The number of benzene rings is 2. The Kier molecular flexibility index (Phi) is 4.15. The molecule has 3 rings (SSSR count). The Morgan fingerprint density at radius 2 is 1.52 bits per heavy atom. The Bertz CT molecular complexity index is 926. The Morgan fingerprint density at radius 1 is 0.957 bits per heavy atom. The van der Waals surface area contributed by atoms with Gasteiger partial charge in [-0.15, -0.1) is 0 Å². The molecule has 0 saturated heterocycles. The predicted octanol–water partition coefficient (Wildman–Crippen LogP) is 4.17. The second-order valence-corrected chi connectivity index (χ2v) is 7.47. The highest BCUT2D eigenvalue weighted by atomic mass is 35.5. The molecule has 5 heteroatoms. The van der Waals surface area contributed by atoms with Crippen LogP contribution in [0.3, 0.4) is 0 Å². The van der Waals surface area contributed by atoms with E-state index in [-0.39, 0.29) is 4.90 Å². The van der Waals surface area contributed by atoms with Gasteiger partial charge in [-0.25, -0.2) is 13.6 Å². The van der Waals surface area contributed by atoms with Gasteiger partial charge in [0.25, 0.3) is 0 Å². The lowest BCUT2D eigenvalue weighted by Gasteiger charge is -2.11. The maximum atomic E-state index is 11.4. The van der Waals surface area contributed by atoms with Gasteiger partial charge in [-0.3, -0.25) is 0 Å². The molecule has 0 aromatic heterocycles. The first-order chi connectivity index (χ1) is 10.9. The molecule has 0 radical (unpaired) electrons. The number of halogens is 1. The molecule has 3 nitrogen and oxygen atoms in total. The van der Waals surface area contributed by atoms with Gasteiger partial charge in [0.05, 0.1) is 4.90 Å². The topological polar surface area (TPSA) is 60.2 Å². The van der Waals surface area contributed by atoms with Gasteiger partial charge in [0, 0.05) is 5.02 Å². The van der Waals surface area contributed by atoms with Gasteiger partial charge in [0.15, 0.2) is 0 Å². The van der Waals surface area contributed by atoms with Gasteiger partial charge in [-0.1, -0.05) is 48.0 Å². The number of hydrogen-bond acceptors (Lipinski definition) is 2. The van der Waals surface area contributed by atoms with E-state index in [0.29, 0.717) is 0 Å². The Labute approximate surface area is 141 Å². The van der Waals surface area contributed by atoms with Crippen LogP contribution in [0.25, 0.3) is 11.1 Å². The molecule has 23 heavy (non-hydrogen) atoms. The fourth-order valence-corrected chi connectivity index (χ4v) is 3.34. The van der Waals surface area contributed by atoms with Crippen molar-refractivity contribution in [3.63, 3.8) is 0 Å². The molecule has 0 spiro atoms. The van der Waals surface area contributed by atoms with Gasteiger partial charge in [-0.2, -0.15) is 0 Å². The summed E-state index contributed by atoms with van der Waals surface area (Å²) >= 11 is 6.23. The van der Waals surface area contributed by atoms with Crippen molar-refractivity contribution in [2.24, 2.45) is 5.14 Å². The summed E-state index contributed by atoms with van der Waals surface area (Å²) in [7, 11) is -3.67. The minimum atomic E-state index is -3.67. The zero-order valence-corrected chi connectivity index (χ0v) is 14.2. The summed E-state index contributed by atoms with van der Waals surface area (Å²) in [5.41, 5.74) is 5.23. The Hall–Kier alpha value is -1.88. The van der Waals surface area contributed by atoms with Crippen molar-refractivity contribution in [2.45, 2.75) is 18.2 Å². The maximum Gasteiger partial charge on any atom is 0.238 e. The van der Waals surface area contributed by atoms with Crippen LogP contribution in [0.5, 0.6) is 0 Å². The molecule has 0 amide bonds. The lowest BCUT2D eigenvalue weighted by Crippen LogP contribution is -2.11. The van der Waals surface area contributed by atoms with Gasteiger partial charge in [-0.05, 0) is 59.4 Å². The van der Waals surface area contributed by atoms with Gasteiger partial charge in [0.2, 0.25) is 10.0 Å². The van der Waals surface area contributed by atoms with E-state index in [9.17, 15) is 8.42 Å². The Balaban J connectivity index is 1.97. The van der Waals surface area contributed by atoms with Gasteiger partial charge >= 0.3 is 0 Å². The normalized spacial score (nSPS) is 14.6. The highest BCUT2D eigenvalue weighted by molar-refractivity contribution is 7.89. The first-order valence-electron chi connectivity index (χ1n) is 7.17. The lowest BCUT2D eigenvalue weighted by atomic mass is 9.94. The molecule has 0 saturated carbocycles. The molecule has 0 fully saturated rings. The number of rotatable bonds is 3. The smallest absolute Gasteiger partial charge is 0.225 e. The van der Waals surface area contributed by atoms with E-state index in [0.717, 1.165) is 39.3 Å². The molecule has 1 aliphatic rings. The lowest BCUT2D eigenvalue weighted by molar-refractivity contribution is 0.598. The predicted molar refractivity (Wildman–Crippen MR) is 94.6 cm³/mol. The summed E-state index contributed by atoms with van der Waals surface area (Å²) in [5, 5.41) is 5.88. The van der Waals surface area contributed by atoms with Crippen molar-refractivity contribution in [1.29, 1.82) is 0 Å². The van der Waals surface area contributed by atoms with Crippen molar-refractivity contribution in [2.75, 3.05) is 0 Å². The van der Waals surface area contributed by atoms with E-state index in [1.807, 2.05) is 25.1 Å². The minimum Gasteiger partial charge on any atom is -0.225 e. The molecule has 1 aliphatic carbocycles. The van der Waals surface area contributed by atoms with Crippen LogP contribution in [0.4, 0.5) is 0 Å². The minimum absolute atomic E-state index is 0.115. The van der Waals surface area contributed by atoms with E-state index < -0.39 is 10.0 Å². The Morgan fingerprint density at radius 3 is 2.09 bits per heavy atom. The SMILES string of the molecule is Cc1ccc(C2=CCC=C2c2ccc(S(N)(=O)=O)cc2)cc1Cl. The number of primary sulfonamides is 1. The fourth-order valence-electron chi connectivity index (χ4n) is 2.65. The molecule has 2 aromatic carbocycles. The summed E-state index contributed by atoms with van der Waals surface area (Å²) < 4.78 is 22.7. The quantitative estimate of drug-likeness (QED) is 0.907. The summed E-state index contributed by atoms with van der Waals surface area (Å²) in [5.74, 6) is 0. The number of nitrogens with two attached hydrogens (primary N) is 1. The third-order valence-corrected chi connectivity index (χ3v) is 5.25. The highest BCUT2D eigenvalue weighted by Crippen LogP contribution is 2.37. The van der Waals surface area contributed by atoms with Crippen LogP contribution in [-0.2, 0) is 10.0 Å². The zero-order valence-electron chi connectivity index (χ0n) is 12.6. The van der Waals surface area contributed by atoms with E-state index in [2.05, 4.69) is 12.2 Å². The molecule has 0 atom stereocenters. The molecule has 0 heterocycles. The second-order valence-electron chi connectivity index (χ2n) is 5.50. The first kappa shape index (κ1) is 16.0. The zero-order chi connectivity index (χ0) is 16.6. The van der Waals surface area contributed by atoms with Crippen LogP contribution >= 0.6 is 11.6 Å². The third-order valence-electron chi connectivity index (χ3n) is 3.91. The monoisotopic (exact) mass is 345 g/mol. The van der Waals surface area contributed by atoms with Crippen molar-refractivity contribution in [1.82, 2.24) is 0 Å². The van der Waals surface area contributed by atoms with Crippen molar-refractivity contribution in [3.8, 4) is 0 Å². The van der Waals surface area contributed by atoms with Crippen LogP contribution in [0, 0.1) is 6.92 Å². The van der Waals surface area contributed by atoms with Crippen LogP contribution in [0.15, 0.2) is 59.5 Å². The average Bonchev–Trinajstić information content (AvgIpc) is 2.99. The van der Waals surface area contributed by atoms with E-state index in [1.54, 1.807) is 12.1 Å². The first-order valence-corrected chi connectivity index (χ1v) is 9.09. The summed E-state index contributed by atoms with van der Waals surface area (Å²) in [6, 6.07) is 12.6. The highest BCUT2D eigenvalue weighted by Gasteiger charge is 2.16. The van der Waals surface area contributed by atoms with E-state index in [4.69, 9.17) is 16.7 Å². The summed E-state index contributed by atoms with van der Waals surface area (Å²) in [6.45, 7) is 1.97. The number of hydrogen-bond donors (Lipinski definition) is 1. The van der Waals surface area contributed by atoms with Gasteiger partial charge in [0.1, 0.15) is 0 Å². The average molecular weight is 346 g/mol. The largest absolute Gasteiger partial charge is 0.238 e. The summed E-state index contributed by atoms with van der Waals surface area (Å²) in [6.07, 6.45) is 5.10. The van der Waals surface area contributed by atoms with Gasteiger partial charge < -0.3 is 0 Å². The van der Waals surface area contributed by atoms with Crippen LogP contribution < -0.4 is 5.14 Å². The molecule has 2 N–H and O–H groups in total. The van der Waals surface area contributed by atoms with E-state index >= 15 is 0 Å². The van der Waals surface area contributed by atoms with Crippen molar-refractivity contribution >= 4 is 32.8 Å². The molecular formula is C18H16ClNO2S. The number of sulfonamides is 1. The molecule has 0 aliphatic heterocycles. The van der Waals surface area contributed by atoms with Crippen molar-refractivity contribution < 1.29 is 8.42 Å². The standard InChI is InChI=1S/C18H16ClNO2S/c1-12-5-6-14(11-18(12)19)17-4-2-3-16(17)13-7-9-15(10-8-13)23(20,21)22/h3-11H,2H2,1H3,(H2,20,21,22). The number of allylic oxidation sites excluding steroid dienone is 4. The second kappa shape index (κ2) is 5.96. The molecule has 0 unspecified atom stereocenters. The van der Waals surface area contributed by atoms with Crippen molar-refractivity contribution in [3.05, 3.63) is 76.3 Å². The summed E-state index contributed by atoms with van der Waals surface area (Å²) in [4.78, 5) is 0.115. The van der Waals surface area contributed by atoms with Crippen LogP contribution in [0.1, 0.15) is 23.1 Å². The van der Waals surface area contributed by atoms with Crippen LogP contribution in [-0.4, -0.2) is 8.42 Å². The van der Waals surface area contributed by atoms with Crippen LogP contribution in [0.2, 0.25) is 5.02 Å².